The number of aromatic nitrogens is 3. The zero-order valence-electron chi connectivity index (χ0n) is 10.1. The minimum absolute atomic E-state index is 0.0529. The topological polar surface area (TPSA) is 62.7 Å². The van der Waals surface area contributed by atoms with Crippen LogP contribution in [0.3, 0.4) is 0 Å². The van der Waals surface area contributed by atoms with Gasteiger partial charge in [-0.1, -0.05) is 0 Å². The molecule has 0 spiro atoms. The molecule has 19 heavy (non-hydrogen) atoms. The van der Waals surface area contributed by atoms with Crippen LogP contribution in [0.5, 0.6) is 0 Å². The minimum Gasteiger partial charge on any atom is -0.357 e. The number of nitrogens with zero attached hydrogens (tertiary/aromatic N) is 3. The van der Waals surface area contributed by atoms with Crippen molar-refractivity contribution in [3.63, 3.8) is 0 Å². The van der Waals surface area contributed by atoms with Crippen molar-refractivity contribution in [1.82, 2.24) is 15.0 Å². The average molecular weight is 347 g/mol. The molecule has 2 aromatic rings. The van der Waals surface area contributed by atoms with Crippen molar-refractivity contribution in [2.75, 3.05) is 17.7 Å². The van der Waals surface area contributed by atoms with Gasteiger partial charge in [0.1, 0.15) is 5.82 Å². The van der Waals surface area contributed by atoms with E-state index in [1.54, 1.807) is 13.1 Å². The van der Waals surface area contributed by atoms with Gasteiger partial charge in [-0.2, -0.15) is 15.0 Å². The Labute approximate surface area is 122 Å². The van der Waals surface area contributed by atoms with Crippen LogP contribution < -0.4 is 10.6 Å². The minimum atomic E-state index is -0.373. The number of rotatable bonds is 3. The fraction of sp³-hybridized carbons (Fsp3) is 0.182. The normalized spacial score (nSPS) is 10.4. The summed E-state index contributed by atoms with van der Waals surface area (Å²) in [5.74, 6) is 0.203. The molecule has 1 aromatic carbocycles. The Morgan fingerprint density at radius 1 is 1.21 bits per heavy atom. The van der Waals surface area contributed by atoms with Crippen LogP contribution in [0.25, 0.3) is 0 Å². The maximum absolute atomic E-state index is 13.5. The summed E-state index contributed by atoms with van der Waals surface area (Å²) in [5, 5.41) is 5.72. The molecule has 1 heterocycles. The van der Waals surface area contributed by atoms with Gasteiger partial charge in [-0.3, -0.25) is 0 Å². The summed E-state index contributed by atoms with van der Waals surface area (Å²) in [6.07, 6.45) is 0. The zero-order valence-corrected chi connectivity index (χ0v) is 12.5. The van der Waals surface area contributed by atoms with E-state index in [1.165, 1.54) is 6.07 Å². The molecule has 0 saturated carbocycles. The summed E-state index contributed by atoms with van der Waals surface area (Å²) in [6, 6.07) is 3.02. The highest BCUT2D eigenvalue weighted by Crippen LogP contribution is 2.26. The van der Waals surface area contributed by atoms with Crippen LogP contribution in [0.15, 0.2) is 16.6 Å². The van der Waals surface area contributed by atoms with Gasteiger partial charge >= 0.3 is 0 Å². The summed E-state index contributed by atoms with van der Waals surface area (Å²) < 4.78 is 13.9. The highest BCUT2D eigenvalue weighted by molar-refractivity contribution is 9.10. The molecule has 8 heteroatoms. The van der Waals surface area contributed by atoms with E-state index in [4.69, 9.17) is 11.6 Å². The van der Waals surface area contributed by atoms with Gasteiger partial charge in [0.25, 0.3) is 0 Å². The first kappa shape index (κ1) is 14.0. The molecule has 0 bridgehead atoms. The lowest BCUT2D eigenvalue weighted by molar-refractivity contribution is 0.621. The van der Waals surface area contributed by atoms with Crippen LogP contribution in [-0.4, -0.2) is 22.0 Å². The number of aryl methyl sites for hydroxylation is 1. The van der Waals surface area contributed by atoms with E-state index in [2.05, 4.69) is 41.5 Å². The summed E-state index contributed by atoms with van der Waals surface area (Å²) in [4.78, 5) is 11.9. The molecular formula is C11H10BrClFN5. The van der Waals surface area contributed by atoms with Gasteiger partial charge in [0.15, 0.2) is 0 Å². The Morgan fingerprint density at radius 3 is 2.58 bits per heavy atom. The van der Waals surface area contributed by atoms with Gasteiger partial charge in [0, 0.05) is 12.7 Å². The van der Waals surface area contributed by atoms with E-state index < -0.39 is 0 Å². The van der Waals surface area contributed by atoms with Crippen LogP contribution in [0.4, 0.5) is 22.0 Å². The van der Waals surface area contributed by atoms with Crippen molar-refractivity contribution in [3.05, 3.63) is 33.3 Å². The second-order valence-corrected chi connectivity index (χ2v) is 4.90. The maximum Gasteiger partial charge on any atom is 0.233 e. The van der Waals surface area contributed by atoms with E-state index in [-0.39, 0.29) is 17.0 Å². The van der Waals surface area contributed by atoms with Gasteiger partial charge < -0.3 is 10.6 Å². The zero-order chi connectivity index (χ0) is 14.0. The fourth-order valence-electron chi connectivity index (χ4n) is 1.42. The van der Waals surface area contributed by atoms with E-state index in [0.29, 0.717) is 16.1 Å². The van der Waals surface area contributed by atoms with Gasteiger partial charge in [-0.15, -0.1) is 0 Å². The Balaban J connectivity index is 2.36. The van der Waals surface area contributed by atoms with Gasteiger partial charge in [0.05, 0.1) is 4.47 Å². The molecular weight excluding hydrogens is 337 g/mol. The quantitative estimate of drug-likeness (QED) is 0.890. The second kappa shape index (κ2) is 5.66. The van der Waals surface area contributed by atoms with Crippen molar-refractivity contribution in [2.45, 2.75) is 6.92 Å². The molecule has 2 rings (SSSR count). The summed E-state index contributed by atoms with van der Waals surface area (Å²) in [6.45, 7) is 1.84. The number of anilines is 3. The third-order valence-corrected chi connectivity index (χ3v) is 3.12. The number of hydrogen-bond acceptors (Lipinski definition) is 5. The number of halogens is 3. The molecule has 0 saturated heterocycles. The summed E-state index contributed by atoms with van der Waals surface area (Å²) >= 11 is 8.89. The molecule has 0 atom stereocenters. The molecule has 0 fully saturated rings. The molecule has 0 aliphatic carbocycles. The van der Waals surface area contributed by atoms with E-state index in [1.807, 2.05) is 6.92 Å². The Morgan fingerprint density at radius 2 is 1.89 bits per heavy atom. The lowest BCUT2D eigenvalue weighted by Gasteiger charge is -2.10. The molecule has 0 aliphatic heterocycles. The van der Waals surface area contributed by atoms with Crippen LogP contribution in [0.2, 0.25) is 5.28 Å². The van der Waals surface area contributed by atoms with Gasteiger partial charge in [-0.05, 0) is 52.2 Å². The first-order valence-corrected chi connectivity index (χ1v) is 6.48. The number of hydrogen-bond donors (Lipinski definition) is 2. The fourth-order valence-corrected chi connectivity index (χ4v) is 2.04. The SMILES string of the molecule is CNc1nc(Cl)nc(Nc2cc(F)c(Br)cc2C)n1. The van der Waals surface area contributed by atoms with E-state index >= 15 is 0 Å². The first-order chi connectivity index (χ1) is 8.99. The molecule has 1 aromatic heterocycles. The molecule has 0 radical (unpaired) electrons. The molecule has 5 nitrogen and oxygen atoms in total. The van der Waals surface area contributed by atoms with Crippen LogP contribution in [0.1, 0.15) is 5.56 Å². The Kier molecular flexibility index (Phi) is 4.16. The third-order valence-electron chi connectivity index (χ3n) is 2.35. The average Bonchev–Trinajstić information content (AvgIpc) is 2.35. The standard InChI is InChI=1S/C11H10BrClFN5/c1-5-3-6(12)7(14)4-8(5)16-11-18-9(13)17-10(15-2)19-11/h3-4H,1-2H3,(H2,15,16,17,18,19). The third kappa shape index (κ3) is 3.30. The van der Waals surface area contributed by atoms with Gasteiger partial charge in [-0.25, -0.2) is 4.39 Å². The smallest absolute Gasteiger partial charge is 0.233 e. The number of nitrogens with one attached hydrogen (secondary N) is 2. The molecule has 100 valence electrons. The predicted molar refractivity (Wildman–Crippen MR) is 76.5 cm³/mol. The van der Waals surface area contributed by atoms with Crippen molar-refractivity contribution in [3.8, 4) is 0 Å². The Bertz CT molecular complexity index is 622. The van der Waals surface area contributed by atoms with Crippen LogP contribution >= 0.6 is 27.5 Å². The highest BCUT2D eigenvalue weighted by atomic mass is 79.9. The maximum atomic E-state index is 13.5. The van der Waals surface area contributed by atoms with Crippen molar-refractivity contribution < 1.29 is 4.39 Å². The molecule has 0 aliphatic rings. The molecule has 2 N–H and O–H groups in total. The van der Waals surface area contributed by atoms with Gasteiger partial charge in [0.2, 0.25) is 17.2 Å². The molecule has 0 amide bonds. The number of benzene rings is 1. The Hall–Kier alpha value is -1.47. The van der Waals surface area contributed by atoms with Crippen molar-refractivity contribution in [2.24, 2.45) is 0 Å². The van der Waals surface area contributed by atoms with Crippen molar-refractivity contribution >= 4 is 45.1 Å². The summed E-state index contributed by atoms with van der Waals surface area (Å²) in [7, 11) is 1.67. The monoisotopic (exact) mass is 345 g/mol. The first-order valence-electron chi connectivity index (χ1n) is 5.31. The lowest BCUT2D eigenvalue weighted by atomic mass is 10.2. The van der Waals surface area contributed by atoms with Crippen LogP contribution in [-0.2, 0) is 0 Å². The summed E-state index contributed by atoms with van der Waals surface area (Å²) in [5.41, 5.74) is 1.40. The molecule has 0 unspecified atom stereocenters. The predicted octanol–water partition coefficient (Wildman–Crippen LogP) is 3.52. The van der Waals surface area contributed by atoms with E-state index in [9.17, 15) is 4.39 Å². The lowest BCUT2D eigenvalue weighted by Crippen LogP contribution is -2.04. The second-order valence-electron chi connectivity index (χ2n) is 3.71. The van der Waals surface area contributed by atoms with Crippen molar-refractivity contribution in [1.29, 1.82) is 0 Å². The van der Waals surface area contributed by atoms with E-state index in [0.717, 1.165) is 5.56 Å². The largest absolute Gasteiger partial charge is 0.357 e. The highest BCUT2D eigenvalue weighted by Gasteiger charge is 2.09. The van der Waals surface area contributed by atoms with Crippen LogP contribution in [0, 0.1) is 12.7 Å².